The predicted molar refractivity (Wildman–Crippen MR) is 136 cm³/mol. The molecule has 0 heterocycles. The standard InChI is InChI=1S/C28H26N2O7/c1-33-23-13-19(12-21(16-29)27(31)30-17-18-8-6-5-7-9-18)10-11-22(23)37-28(32)20-14-24(34-2)26(36-4)25(15-20)35-3/h5-15H,17H2,1-4H3,(H,30,31)/b21-12+. The van der Waals surface area contributed by atoms with Gasteiger partial charge < -0.3 is 29.0 Å². The zero-order valence-corrected chi connectivity index (χ0v) is 20.9. The van der Waals surface area contributed by atoms with Crippen molar-refractivity contribution in [2.75, 3.05) is 28.4 Å². The summed E-state index contributed by atoms with van der Waals surface area (Å²) in [6.07, 6.45) is 1.42. The van der Waals surface area contributed by atoms with E-state index >= 15 is 0 Å². The lowest BCUT2D eigenvalue weighted by Gasteiger charge is -2.14. The van der Waals surface area contributed by atoms with Crippen molar-refractivity contribution in [2.45, 2.75) is 6.54 Å². The van der Waals surface area contributed by atoms with Crippen molar-refractivity contribution in [3.05, 3.63) is 82.9 Å². The molecule has 0 saturated heterocycles. The Bertz CT molecular complexity index is 1320. The highest BCUT2D eigenvalue weighted by atomic mass is 16.6. The topological polar surface area (TPSA) is 116 Å². The lowest BCUT2D eigenvalue weighted by atomic mass is 10.1. The Labute approximate surface area is 214 Å². The van der Waals surface area contributed by atoms with Crippen molar-refractivity contribution in [2.24, 2.45) is 0 Å². The molecule has 0 aliphatic rings. The molecule has 37 heavy (non-hydrogen) atoms. The first-order chi connectivity index (χ1) is 17.9. The largest absolute Gasteiger partial charge is 0.493 e. The number of ether oxygens (including phenoxy) is 5. The van der Waals surface area contributed by atoms with Crippen LogP contribution in [0.4, 0.5) is 0 Å². The minimum atomic E-state index is -0.682. The molecule has 0 saturated carbocycles. The summed E-state index contributed by atoms with van der Waals surface area (Å²) < 4.78 is 26.8. The molecule has 0 aliphatic carbocycles. The van der Waals surface area contributed by atoms with E-state index in [-0.39, 0.29) is 29.2 Å². The average molecular weight is 503 g/mol. The molecule has 0 spiro atoms. The molecule has 3 rings (SSSR count). The third-order valence-electron chi connectivity index (χ3n) is 5.26. The van der Waals surface area contributed by atoms with Gasteiger partial charge in [-0.1, -0.05) is 36.4 Å². The van der Waals surface area contributed by atoms with Crippen LogP contribution in [0, 0.1) is 11.3 Å². The van der Waals surface area contributed by atoms with Gasteiger partial charge in [0.2, 0.25) is 5.75 Å². The molecule has 0 atom stereocenters. The van der Waals surface area contributed by atoms with E-state index in [0.717, 1.165) is 5.56 Å². The summed E-state index contributed by atoms with van der Waals surface area (Å²) in [5.74, 6) is 0.132. The molecular formula is C28H26N2O7. The normalized spacial score (nSPS) is 10.6. The number of amides is 1. The molecule has 9 nitrogen and oxygen atoms in total. The van der Waals surface area contributed by atoms with Crippen LogP contribution in [0.1, 0.15) is 21.5 Å². The van der Waals surface area contributed by atoms with Gasteiger partial charge in [0.15, 0.2) is 23.0 Å². The summed E-state index contributed by atoms with van der Waals surface area (Å²) in [5.41, 5.74) is 1.51. The average Bonchev–Trinajstić information content (AvgIpc) is 2.94. The predicted octanol–water partition coefficient (Wildman–Crippen LogP) is 4.16. The van der Waals surface area contributed by atoms with Crippen LogP contribution in [0.2, 0.25) is 0 Å². The second-order valence-electron chi connectivity index (χ2n) is 7.55. The van der Waals surface area contributed by atoms with Crippen LogP contribution in [0.5, 0.6) is 28.7 Å². The van der Waals surface area contributed by atoms with Crippen LogP contribution in [0.15, 0.2) is 66.2 Å². The van der Waals surface area contributed by atoms with E-state index in [2.05, 4.69) is 5.32 Å². The molecule has 1 amide bonds. The Morgan fingerprint density at radius 3 is 2.05 bits per heavy atom. The van der Waals surface area contributed by atoms with Gasteiger partial charge in [-0.05, 0) is 41.5 Å². The van der Waals surface area contributed by atoms with Crippen LogP contribution in [0.3, 0.4) is 0 Å². The summed E-state index contributed by atoms with van der Waals surface area (Å²) >= 11 is 0. The molecule has 0 bridgehead atoms. The van der Waals surface area contributed by atoms with Gasteiger partial charge in [0, 0.05) is 6.54 Å². The van der Waals surface area contributed by atoms with E-state index in [9.17, 15) is 14.9 Å². The van der Waals surface area contributed by atoms with E-state index in [0.29, 0.717) is 22.8 Å². The number of carbonyl (C=O) groups excluding carboxylic acids is 2. The number of nitrogens with zero attached hydrogens (tertiary/aromatic N) is 1. The molecule has 0 aliphatic heterocycles. The van der Waals surface area contributed by atoms with Gasteiger partial charge in [-0.25, -0.2) is 4.79 Å². The van der Waals surface area contributed by atoms with E-state index in [1.807, 2.05) is 36.4 Å². The van der Waals surface area contributed by atoms with Gasteiger partial charge in [0.1, 0.15) is 11.6 Å². The lowest BCUT2D eigenvalue weighted by Crippen LogP contribution is -2.23. The minimum absolute atomic E-state index is 0.0832. The van der Waals surface area contributed by atoms with Gasteiger partial charge in [0.05, 0.1) is 34.0 Å². The monoisotopic (exact) mass is 502 g/mol. The third-order valence-corrected chi connectivity index (χ3v) is 5.26. The van der Waals surface area contributed by atoms with Gasteiger partial charge in [-0.2, -0.15) is 5.26 Å². The number of rotatable bonds is 10. The number of esters is 1. The Morgan fingerprint density at radius 2 is 1.49 bits per heavy atom. The van der Waals surface area contributed by atoms with Gasteiger partial charge in [-0.15, -0.1) is 0 Å². The number of hydrogen-bond donors (Lipinski definition) is 1. The van der Waals surface area contributed by atoms with E-state index in [1.54, 1.807) is 12.1 Å². The third kappa shape index (κ3) is 6.58. The van der Waals surface area contributed by atoms with Crippen molar-refractivity contribution in [3.63, 3.8) is 0 Å². The molecule has 1 N–H and O–H groups in total. The second kappa shape index (κ2) is 12.7. The molecule has 9 heteroatoms. The van der Waals surface area contributed by atoms with E-state index < -0.39 is 11.9 Å². The minimum Gasteiger partial charge on any atom is -0.493 e. The molecule has 0 aromatic heterocycles. The van der Waals surface area contributed by atoms with Crippen molar-refractivity contribution < 1.29 is 33.3 Å². The first-order valence-electron chi connectivity index (χ1n) is 11.1. The number of hydrogen-bond acceptors (Lipinski definition) is 8. The highest BCUT2D eigenvalue weighted by Crippen LogP contribution is 2.39. The zero-order chi connectivity index (χ0) is 26.8. The summed E-state index contributed by atoms with van der Waals surface area (Å²) in [6.45, 7) is 0.290. The van der Waals surface area contributed by atoms with Crippen LogP contribution < -0.4 is 29.0 Å². The lowest BCUT2D eigenvalue weighted by molar-refractivity contribution is -0.117. The molecule has 190 valence electrons. The molecule has 0 unspecified atom stereocenters. The van der Waals surface area contributed by atoms with Crippen molar-refractivity contribution in [3.8, 4) is 34.8 Å². The Morgan fingerprint density at radius 1 is 0.838 bits per heavy atom. The summed E-state index contributed by atoms with van der Waals surface area (Å²) in [4.78, 5) is 25.4. The summed E-state index contributed by atoms with van der Waals surface area (Å²) in [6, 6.07) is 18.9. The first-order valence-corrected chi connectivity index (χ1v) is 11.1. The fourth-order valence-electron chi connectivity index (χ4n) is 3.40. The van der Waals surface area contributed by atoms with Crippen LogP contribution >= 0.6 is 0 Å². The van der Waals surface area contributed by atoms with Crippen LogP contribution in [0.25, 0.3) is 6.08 Å². The van der Waals surface area contributed by atoms with Crippen molar-refractivity contribution in [1.29, 1.82) is 5.26 Å². The smallest absolute Gasteiger partial charge is 0.343 e. The van der Waals surface area contributed by atoms with Crippen molar-refractivity contribution >= 4 is 18.0 Å². The maximum absolute atomic E-state index is 12.9. The van der Waals surface area contributed by atoms with Gasteiger partial charge >= 0.3 is 5.97 Å². The van der Waals surface area contributed by atoms with E-state index in [1.165, 1.54) is 52.7 Å². The quantitative estimate of drug-likeness (QED) is 0.190. The van der Waals surface area contributed by atoms with Gasteiger partial charge in [0.25, 0.3) is 5.91 Å². The number of carbonyl (C=O) groups is 2. The highest BCUT2D eigenvalue weighted by Gasteiger charge is 2.20. The Kier molecular flexibility index (Phi) is 9.11. The maximum atomic E-state index is 12.9. The number of nitrogens with one attached hydrogen (secondary N) is 1. The maximum Gasteiger partial charge on any atom is 0.343 e. The van der Waals surface area contributed by atoms with Crippen LogP contribution in [-0.2, 0) is 11.3 Å². The number of nitriles is 1. The Hall–Kier alpha value is -4.97. The first kappa shape index (κ1) is 26.6. The molecule has 0 radical (unpaired) electrons. The fraction of sp³-hybridized carbons (Fsp3) is 0.179. The van der Waals surface area contributed by atoms with Crippen LogP contribution in [-0.4, -0.2) is 40.3 Å². The molecule has 3 aromatic carbocycles. The molecular weight excluding hydrogens is 476 g/mol. The summed E-state index contributed by atoms with van der Waals surface area (Å²) in [5, 5.41) is 12.2. The zero-order valence-electron chi connectivity index (χ0n) is 20.9. The number of benzene rings is 3. The van der Waals surface area contributed by atoms with Crippen molar-refractivity contribution in [1.82, 2.24) is 5.32 Å². The second-order valence-corrected chi connectivity index (χ2v) is 7.55. The van der Waals surface area contributed by atoms with E-state index in [4.69, 9.17) is 23.7 Å². The number of methoxy groups -OCH3 is 4. The molecule has 3 aromatic rings. The Balaban J connectivity index is 1.79. The summed E-state index contributed by atoms with van der Waals surface area (Å²) in [7, 11) is 5.76. The molecule has 0 fully saturated rings. The fourth-order valence-corrected chi connectivity index (χ4v) is 3.40. The van der Waals surface area contributed by atoms with Gasteiger partial charge in [-0.3, -0.25) is 4.79 Å². The highest BCUT2D eigenvalue weighted by molar-refractivity contribution is 6.01. The SMILES string of the molecule is COc1cc(/C=C(\C#N)C(=O)NCc2ccccc2)ccc1OC(=O)c1cc(OC)c(OC)c(OC)c1.